The summed E-state index contributed by atoms with van der Waals surface area (Å²) in [5.41, 5.74) is 0.817. The van der Waals surface area contributed by atoms with Crippen molar-refractivity contribution in [3.05, 3.63) is 29.8 Å². The van der Waals surface area contributed by atoms with Crippen molar-refractivity contribution in [1.29, 1.82) is 0 Å². The fraction of sp³-hybridized carbons (Fsp3) is 0.533. The summed E-state index contributed by atoms with van der Waals surface area (Å²) in [5, 5.41) is 3.40. The first-order valence-electron chi connectivity index (χ1n) is 6.88. The predicted octanol–water partition coefficient (Wildman–Crippen LogP) is 2.23. The van der Waals surface area contributed by atoms with Crippen molar-refractivity contribution in [2.45, 2.75) is 30.3 Å². The lowest BCUT2D eigenvalue weighted by Gasteiger charge is -2.27. The minimum atomic E-state index is 0.191. The first-order chi connectivity index (χ1) is 9.20. The molecule has 0 aromatic heterocycles. The third-order valence-electron chi connectivity index (χ3n) is 4.35. The Morgan fingerprint density at radius 2 is 2.05 bits per heavy atom. The summed E-state index contributed by atoms with van der Waals surface area (Å²) in [4.78, 5) is 16.0. The molecule has 3 unspecified atom stereocenters. The highest BCUT2D eigenvalue weighted by molar-refractivity contribution is 7.98. The van der Waals surface area contributed by atoms with Gasteiger partial charge in [-0.15, -0.1) is 11.8 Å². The summed E-state index contributed by atoms with van der Waals surface area (Å²) in [6, 6.07) is 8.73. The van der Waals surface area contributed by atoms with E-state index in [1.807, 2.05) is 30.5 Å². The number of fused-ring (bicyclic) bond motifs is 1. The number of rotatable bonds is 2. The largest absolute Gasteiger partial charge is 0.331 e. The Bertz CT molecular complexity index is 474. The molecule has 1 amide bonds. The van der Waals surface area contributed by atoms with Gasteiger partial charge in [0.1, 0.15) is 0 Å². The van der Waals surface area contributed by atoms with Crippen molar-refractivity contribution in [2.75, 3.05) is 19.3 Å². The second-order valence-electron chi connectivity index (χ2n) is 5.51. The molecule has 102 valence electrons. The van der Waals surface area contributed by atoms with Gasteiger partial charge in [0.25, 0.3) is 5.91 Å². The van der Waals surface area contributed by atoms with Gasteiger partial charge in [-0.05, 0) is 49.8 Å². The van der Waals surface area contributed by atoms with E-state index in [1.165, 1.54) is 4.90 Å². The van der Waals surface area contributed by atoms with Crippen molar-refractivity contribution in [1.82, 2.24) is 10.2 Å². The minimum absolute atomic E-state index is 0.191. The van der Waals surface area contributed by atoms with Gasteiger partial charge in [0.2, 0.25) is 0 Å². The molecule has 0 saturated carbocycles. The second kappa shape index (κ2) is 5.17. The van der Waals surface area contributed by atoms with Crippen molar-refractivity contribution in [3.63, 3.8) is 0 Å². The van der Waals surface area contributed by atoms with Gasteiger partial charge < -0.3 is 10.2 Å². The van der Waals surface area contributed by atoms with Crippen LogP contribution in [-0.4, -0.2) is 42.2 Å². The Kier molecular flexibility index (Phi) is 3.54. The molecule has 3 rings (SSSR count). The normalized spacial score (nSPS) is 29.6. The maximum atomic E-state index is 12.7. The number of amides is 1. The van der Waals surface area contributed by atoms with E-state index in [-0.39, 0.29) is 5.91 Å². The SMILES string of the molecule is CSc1ccc(C(=O)N2C(C)CC3CNCC32)cc1. The molecular weight excluding hydrogens is 256 g/mol. The van der Waals surface area contributed by atoms with Crippen LogP contribution in [0.3, 0.4) is 0 Å². The zero-order valence-electron chi connectivity index (χ0n) is 11.4. The highest BCUT2D eigenvalue weighted by Gasteiger charge is 2.44. The van der Waals surface area contributed by atoms with E-state index < -0.39 is 0 Å². The Hall–Kier alpha value is -1.00. The molecule has 2 heterocycles. The van der Waals surface area contributed by atoms with Crippen LogP contribution in [-0.2, 0) is 0 Å². The molecule has 3 nitrogen and oxygen atoms in total. The third-order valence-corrected chi connectivity index (χ3v) is 5.10. The van der Waals surface area contributed by atoms with E-state index in [2.05, 4.69) is 17.1 Å². The number of hydrogen-bond acceptors (Lipinski definition) is 3. The van der Waals surface area contributed by atoms with Gasteiger partial charge in [0.05, 0.1) is 0 Å². The van der Waals surface area contributed by atoms with Crippen LogP contribution in [0, 0.1) is 5.92 Å². The zero-order chi connectivity index (χ0) is 13.4. The van der Waals surface area contributed by atoms with E-state index in [0.29, 0.717) is 18.0 Å². The molecule has 0 bridgehead atoms. The standard InChI is InChI=1S/C15H20N2OS/c1-10-7-12-8-16-9-14(12)17(10)15(18)11-3-5-13(19-2)6-4-11/h3-6,10,12,14,16H,7-9H2,1-2H3. The van der Waals surface area contributed by atoms with E-state index in [0.717, 1.165) is 25.1 Å². The summed E-state index contributed by atoms with van der Waals surface area (Å²) in [6.07, 6.45) is 3.18. The number of thioether (sulfide) groups is 1. The Morgan fingerprint density at radius 3 is 2.74 bits per heavy atom. The van der Waals surface area contributed by atoms with E-state index in [9.17, 15) is 4.79 Å². The topological polar surface area (TPSA) is 32.3 Å². The fourth-order valence-electron chi connectivity index (χ4n) is 3.40. The van der Waals surface area contributed by atoms with Crippen LogP contribution in [0.1, 0.15) is 23.7 Å². The molecule has 0 aliphatic carbocycles. The third kappa shape index (κ3) is 2.28. The highest BCUT2D eigenvalue weighted by atomic mass is 32.2. The van der Waals surface area contributed by atoms with Crippen molar-refractivity contribution in [3.8, 4) is 0 Å². The van der Waals surface area contributed by atoms with Crippen LogP contribution in [0.2, 0.25) is 0 Å². The molecule has 2 aliphatic rings. The lowest BCUT2D eigenvalue weighted by molar-refractivity contribution is 0.0682. The number of carbonyl (C=O) groups excluding carboxylic acids is 1. The summed E-state index contributed by atoms with van der Waals surface area (Å²) in [5.74, 6) is 0.834. The lowest BCUT2D eigenvalue weighted by Crippen LogP contribution is -2.42. The molecule has 2 aliphatic heterocycles. The number of nitrogens with zero attached hydrogens (tertiary/aromatic N) is 1. The van der Waals surface area contributed by atoms with Gasteiger partial charge in [-0.2, -0.15) is 0 Å². The van der Waals surface area contributed by atoms with Gasteiger partial charge in [0, 0.05) is 35.6 Å². The van der Waals surface area contributed by atoms with Gasteiger partial charge >= 0.3 is 0 Å². The van der Waals surface area contributed by atoms with E-state index in [1.54, 1.807) is 11.8 Å². The van der Waals surface area contributed by atoms with Crippen LogP contribution in [0.5, 0.6) is 0 Å². The van der Waals surface area contributed by atoms with Crippen molar-refractivity contribution >= 4 is 17.7 Å². The Balaban J connectivity index is 1.82. The molecule has 2 fully saturated rings. The monoisotopic (exact) mass is 276 g/mol. The van der Waals surface area contributed by atoms with Gasteiger partial charge in [-0.25, -0.2) is 0 Å². The predicted molar refractivity (Wildman–Crippen MR) is 78.6 cm³/mol. The zero-order valence-corrected chi connectivity index (χ0v) is 12.2. The number of carbonyl (C=O) groups is 1. The molecule has 0 spiro atoms. The summed E-state index contributed by atoms with van der Waals surface area (Å²) < 4.78 is 0. The van der Waals surface area contributed by atoms with Gasteiger partial charge in [-0.1, -0.05) is 0 Å². The van der Waals surface area contributed by atoms with Crippen LogP contribution in [0.25, 0.3) is 0 Å². The smallest absolute Gasteiger partial charge is 0.254 e. The Labute approximate surface area is 118 Å². The quantitative estimate of drug-likeness (QED) is 0.841. The first-order valence-corrected chi connectivity index (χ1v) is 8.10. The number of benzene rings is 1. The summed E-state index contributed by atoms with van der Waals surface area (Å²) in [7, 11) is 0. The number of likely N-dealkylation sites (tertiary alicyclic amines) is 1. The summed E-state index contributed by atoms with van der Waals surface area (Å²) in [6.45, 7) is 4.18. The maximum Gasteiger partial charge on any atom is 0.254 e. The Morgan fingerprint density at radius 1 is 1.32 bits per heavy atom. The highest BCUT2D eigenvalue weighted by Crippen LogP contribution is 2.33. The van der Waals surface area contributed by atoms with Crippen molar-refractivity contribution < 1.29 is 4.79 Å². The molecule has 2 saturated heterocycles. The van der Waals surface area contributed by atoms with Crippen LogP contribution in [0.15, 0.2) is 29.2 Å². The maximum absolute atomic E-state index is 12.7. The molecule has 19 heavy (non-hydrogen) atoms. The second-order valence-corrected chi connectivity index (χ2v) is 6.39. The van der Waals surface area contributed by atoms with Crippen LogP contribution < -0.4 is 5.32 Å². The summed E-state index contributed by atoms with van der Waals surface area (Å²) >= 11 is 1.70. The average Bonchev–Trinajstić information content (AvgIpc) is 2.98. The van der Waals surface area contributed by atoms with Gasteiger partial charge in [-0.3, -0.25) is 4.79 Å². The molecule has 0 radical (unpaired) electrons. The molecule has 1 aromatic carbocycles. The first kappa shape index (κ1) is 13.0. The van der Waals surface area contributed by atoms with Crippen molar-refractivity contribution in [2.24, 2.45) is 5.92 Å². The molecule has 1 aromatic rings. The van der Waals surface area contributed by atoms with Gasteiger partial charge in [0.15, 0.2) is 0 Å². The molecule has 1 N–H and O–H groups in total. The van der Waals surface area contributed by atoms with E-state index in [4.69, 9.17) is 0 Å². The van der Waals surface area contributed by atoms with Crippen LogP contribution in [0.4, 0.5) is 0 Å². The molecule has 3 atom stereocenters. The average molecular weight is 276 g/mol. The number of hydrogen-bond donors (Lipinski definition) is 1. The van der Waals surface area contributed by atoms with Crippen LogP contribution >= 0.6 is 11.8 Å². The minimum Gasteiger partial charge on any atom is -0.331 e. The number of nitrogens with one attached hydrogen (secondary N) is 1. The van der Waals surface area contributed by atoms with E-state index >= 15 is 0 Å². The molecule has 4 heteroatoms. The lowest BCUT2D eigenvalue weighted by atomic mass is 10.0. The molecular formula is C15H20N2OS. The fourth-order valence-corrected chi connectivity index (χ4v) is 3.81.